The molecule has 4 rings (SSSR count). The highest BCUT2D eigenvalue weighted by Crippen LogP contribution is 2.37. The summed E-state index contributed by atoms with van der Waals surface area (Å²) in [5.74, 6) is 1.11. The number of amides is 2. The molecule has 2 amide bonds. The first-order chi connectivity index (χ1) is 11.6. The smallest absolute Gasteiger partial charge is 0.242 e. The van der Waals surface area contributed by atoms with E-state index in [-0.39, 0.29) is 23.9 Å². The Bertz CT molecular complexity index is 616. The summed E-state index contributed by atoms with van der Waals surface area (Å²) in [6, 6.07) is -0.114. The van der Waals surface area contributed by atoms with Gasteiger partial charge in [0.1, 0.15) is 11.0 Å². The molecule has 0 spiro atoms. The second-order valence-electron chi connectivity index (χ2n) is 7.31. The van der Waals surface area contributed by atoms with Gasteiger partial charge in [0.15, 0.2) is 0 Å². The number of hydrogen-bond donors (Lipinski definition) is 1. The maximum atomic E-state index is 12.5. The van der Waals surface area contributed by atoms with Crippen LogP contribution in [0.15, 0.2) is 11.6 Å². The van der Waals surface area contributed by atoms with Gasteiger partial charge < -0.3 is 10.2 Å². The Morgan fingerprint density at radius 3 is 2.88 bits per heavy atom. The Balaban J connectivity index is 1.39. The van der Waals surface area contributed by atoms with Crippen molar-refractivity contribution in [3.63, 3.8) is 0 Å². The van der Waals surface area contributed by atoms with Crippen LogP contribution in [0.25, 0.3) is 0 Å². The van der Waals surface area contributed by atoms with E-state index in [1.165, 1.54) is 12.8 Å². The van der Waals surface area contributed by atoms with Crippen molar-refractivity contribution < 1.29 is 9.59 Å². The number of likely N-dealkylation sites (tertiary alicyclic amines) is 2. The first-order valence-corrected chi connectivity index (χ1v) is 9.67. The van der Waals surface area contributed by atoms with Crippen LogP contribution >= 0.6 is 11.3 Å². The normalized spacial score (nSPS) is 29.7. The monoisotopic (exact) mass is 348 g/mol. The highest BCUT2D eigenvalue weighted by molar-refractivity contribution is 7.09. The summed E-state index contributed by atoms with van der Waals surface area (Å²) in [6.45, 7) is 4.99. The second kappa shape index (κ2) is 6.44. The van der Waals surface area contributed by atoms with Crippen molar-refractivity contribution in [1.29, 1.82) is 0 Å². The predicted molar refractivity (Wildman–Crippen MR) is 91.3 cm³/mol. The van der Waals surface area contributed by atoms with Gasteiger partial charge in [0, 0.05) is 44.2 Å². The molecule has 7 heteroatoms. The SMILES string of the molecule is CC(=O)N1[C@@H](C(=O)NCC2CC2)C[C@@H]2CN(Cc3nccs3)C[C@@H]21. The molecule has 3 aliphatic rings. The molecular weight excluding hydrogens is 324 g/mol. The molecule has 3 fully saturated rings. The van der Waals surface area contributed by atoms with Crippen molar-refractivity contribution in [1.82, 2.24) is 20.1 Å². The summed E-state index contributed by atoms with van der Waals surface area (Å²) in [5, 5.41) is 6.16. The van der Waals surface area contributed by atoms with Crippen molar-refractivity contribution in [2.75, 3.05) is 19.6 Å². The number of nitrogens with zero attached hydrogens (tertiary/aromatic N) is 3. The lowest BCUT2D eigenvalue weighted by atomic mass is 10.0. The Morgan fingerprint density at radius 1 is 1.38 bits per heavy atom. The molecule has 0 aromatic carbocycles. The quantitative estimate of drug-likeness (QED) is 0.865. The van der Waals surface area contributed by atoms with Crippen LogP contribution in [0.5, 0.6) is 0 Å². The van der Waals surface area contributed by atoms with E-state index in [1.807, 2.05) is 16.5 Å². The number of carbonyl (C=O) groups excluding carboxylic acids is 2. The Morgan fingerprint density at radius 2 is 2.21 bits per heavy atom. The molecule has 6 nitrogen and oxygen atoms in total. The third-order valence-electron chi connectivity index (χ3n) is 5.47. The zero-order chi connectivity index (χ0) is 16.7. The fourth-order valence-electron chi connectivity index (χ4n) is 4.14. The summed E-state index contributed by atoms with van der Waals surface area (Å²) in [7, 11) is 0. The van der Waals surface area contributed by atoms with Gasteiger partial charge in [-0.05, 0) is 31.1 Å². The van der Waals surface area contributed by atoms with E-state index >= 15 is 0 Å². The van der Waals surface area contributed by atoms with E-state index in [2.05, 4.69) is 15.2 Å². The van der Waals surface area contributed by atoms with Gasteiger partial charge in [-0.2, -0.15) is 0 Å². The number of fused-ring (bicyclic) bond motifs is 1. The van der Waals surface area contributed by atoms with Crippen LogP contribution in [0, 0.1) is 11.8 Å². The summed E-state index contributed by atoms with van der Waals surface area (Å²) >= 11 is 1.67. The predicted octanol–water partition coefficient (Wildman–Crippen LogP) is 1.09. The summed E-state index contributed by atoms with van der Waals surface area (Å²) < 4.78 is 0. The van der Waals surface area contributed by atoms with Crippen LogP contribution in [0.3, 0.4) is 0 Å². The van der Waals surface area contributed by atoms with Crippen molar-refractivity contribution in [3.05, 3.63) is 16.6 Å². The maximum Gasteiger partial charge on any atom is 0.242 e. The highest BCUT2D eigenvalue weighted by atomic mass is 32.1. The van der Waals surface area contributed by atoms with E-state index in [4.69, 9.17) is 0 Å². The lowest BCUT2D eigenvalue weighted by Gasteiger charge is -2.29. The first kappa shape index (κ1) is 16.0. The van der Waals surface area contributed by atoms with Gasteiger partial charge in [0.2, 0.25) is 11.8 Å². The molecule has 3 heterocycles. The van der Waals surface area contributed by atoms with Crippen molar-refractivity contribution in [3.8, 4) is 0 Å². The molecule has 130 valence electrons. The number of aromatic nitrogens is 1. The average molecular weight is 348 g/mol. The van der Waals surface area contributed by atoms with Gasteiger partial charge in [-0.1, -0.05) is 0 Å². The minimum Gasteiger partial charge on any atom is -0.354 e. The molecule has 2 aliphatic heterocycles. The molecule has 1 aromatic heterocycles. The molecule has 1 N–H and O–H groups in total. The first-order valence-electron chi connectivity index (χ1n) is 8.79. The fourth-order valence-corrected chi connectivity index (χ4v) is 4.80. The topological polar surface area (TPSA) is 65.5 Å². The Hall–Kier alpha value is -1.47. The lowest BCUT2D eigenvalue weighted by Crippen LogP contribution is -2.50. The summed E-state index contributed by atoms with van der Waals surface area (Å²) in [6.07, 6.45) is 5.06. The molecule has 1 aliphatic carbocycles. The molecule has 0 bridgehead atoms. The highest BCUT2D eigenvalue weighted by Gasteiger charge is 2.50. The Labute approximate surface area is 146 Å². The van der Waals surface area contributed by atoms with Gasteiger partial charge in [-0.15, -0.1) is 11.3 Å². The van der Waals surface area contributed by atoms with Crippen LogP contribution in [0.1, 0.15) is 31.2 Å². The van der Waals surface area contributed by atoms with E-state index < -0.39 is 0 Å². The van der Waals surface area contributed by atoms with Crippen molar-refractivity contribution in [2.45, 2.75) is 44.8 Å². The van der Waals surface area contributed by atoms with E-state index in [0.717, 1.165) is 37.6 Å². The van der Waals surface area contributed by atoms with Crippen LogP contribution in [-0.2, 0) is 16.1 Å². The van der Waals surface area contributed by atoms with Crippen LogP contribution in [-0.4, -0.2) is 58.3 Å². The average Bonchev–Trinajstić information content (AvgIpc) is 2.93. The van der Waals surface area contributed by atoms with Gasteiger partial charge in [-0.3, -0.25) is 14.5 Å². The number of hydrogen-bond acceptors (Lipinski definition) is 5. The minimum absolute atomic E-state index is 0.0187. The third kappa shape index (κ3) is 3.19. The van der Waals surface area contributed by atoms with Crippen LogP contribution < -0.4 is 5.32 Å². The van der Waals surface area contributed by atoms with E-state index in [1.54, 1.807) is 18.3 Å². The van der Waals surface area contributed by atoms with Crippen LogP contribution in [0.4, 0.5) is 0 Å². The third-order valence-corrected chi connectivity index (χ3v) is 6.24. The molecule has 2 saturated heterocycles. The summed E-state index contributed by atoms with van der Waals surface area (Å²) in [5.41, 5.74) is 0. The second-order valence-corrected chi connectivity index (χ2v) is 8.29. The lowest BCUT2D eigenvalue weighted by molar-refractivity contribution is -0.138. The molecular formula is C17H24N4O2S. The molecule has 3 atom stereocenters. The molecule has 0 unspecified atom stereocenters. The Kier molecular flexibility index (Phi) is 4.30. The number of nitrogens with one attached hydrogen (secondary N) is 1. The van der Waals surface area contributed by atoms with Gasteiger partial charge in [0.25, 0.3) is 0 Å². The molecule has 1 saturated carbocycles. The number of thiazole rings is 1. The maximum absolute atomic E-state index is 12.5. The number of carbonyl (C=O) groups is 2. The number of rotatable bonds is 5. The fraction of sp³-hybridized carbons (Fsp3) is 0.706. The van der Waals surface area contributed by atoms with Crippen LogP contribution in [0.2, 0.25) is 0 Å². The summed E-state index contributed by atoms with van der Waals surface area (Å²) in [4.78, 5) is 33.3. The molecule has 0 radical (unpaired) electrons. The standard InChI is InChI=1S/C17H24N4O2S/c1-11(22)21-14(17(23)19-7-12-2-3-12)6-13-8-20(9-15(13)21)10-16-18-4-5-24-16/h4-5,12-15H,2-3,6-10H2,1H3,(H,19,23)/t13-,14-,15+/m1/s1. The zero-order valence-electron chi connectivity index (χ0n) is 14.0. The van der Waals surface area contributed by atoms with E-state index in [0.29, 0.717) is 11.8 Å². The molecule has 24 heavy (non-hydrogen) atoms. The van der Waals surface area contributed by atoms with Gasteiger partial charge >= 0.3 is 0 Å². The minimum atomic E-state index is -0.279. The van der Waals surface area contributed by atoms with Gasteiger partial charge in [0.05, 0.1) is 6.54 Å². The van der Waals surface area contributed by atoms with E-state index in [9.17, 15) is 9.59 Å². The van der Waals surface area contributed by atoms with Crippen molar-refractivity contribution in [2.24, 2.45) is 11.8 Å². The largest absolute Gasteiger partial charge is 0.354 e. The van der Waals surface area contributed by atoms with Crippen molar-refractivity contribution >= 4 is 23.2 Å². The zero-order valence-corrected chi connectivity index (χ0v) is 14.8. The van der Waals surface area contributed by atoms with Gasteiger partial charge in [-0.25, -0.2) is 4.98 Å². The molecule has 1 aromatic rings.